The highest BCUT2D eigenvalue weighted by Gasteiger charge is 2.59. The van der Waals surface area contributed by atoms with Gasteiger partial charge in [0.15, 0.2) is 0 Å². The van der Waals surface area contributed by atoms with Crippen molar-refractivity contribution in [2.24, 2.45) is 34.5 Å². The highest BCUT2D eigenvalue weighted by molar-refractivity contribution is 5.79. The Hall–Kier alpha value is -0.660. The van der Waals surface area contributed by atoms with Crippen molar-refractivity contribution in [1.82, 2.24) is 0 Å². The number of hydrogen-bond donors (Lipinski definition) is 0. The summed E-state index contributed by atoms with van der Waals surface area (Å²) < 4.78 is 13.9. The van der Waals surface area contributed by atoms with Gasteiger partial charge in [0.2, 0.25) is 0 Å². The van der Waals surface area contributed by atoms with Gasteiger partial charge in [-0.3, -0.25) is 4.79 Å². The zero-order valence-electron chi connectivity index (χ0n) is 14.9. The monoisotopic (exact) mass is 318 g/mol. The van der Waals surface area contributed by atoms with E-state index in [1.165, 1.54) is 24.8 Å². The van der Waals surface area contributed by atoms with Gasteiger partial charge in [0.25, 0.3) is 0 Å². The second kappa shape index (κ2) is 5.17. The van der Waals surface area contributed by atoms with Crippen LogP contribution in [0.25, 0.3) is 0 Å². The Bertz CT molecular complexity index is 552. The van der Waals surface area contributed by atoms with Gasteiger partial charge in [-0.25, -0.2) is 4.39 Å². The summed E-state index contributed by atoms with van der Waals surface area (Å²) in [4.78, 5) is 12.1. The third-order valence-corrected chi connectivity index (χ3v) is 8.53. The van der Waals surface area contributed by atoms with Crippen molar-refractivity contribution in [1.29, 1.82) is 0 Å². The van der Waals surface area contributed by atoms with Crippen LogP contribution < -0.4 is 0 Å². The lowest BCUT2D eigenvalue weighted by Gasteiger charge is -2.57. The molecule has 0 aliphatic heterocycles. The highest BCUT2D eigenvalue weighted by atomic mass is 19.1. The molecule has 0 aromatic heterocycles. The van der Waals surface area contributed by atoms with Crippen LogP contribution in [0, 0.1) is 34.5 Å². The van der Waals surface area contributed by atoms with Gasteiger partial charge in [0, 0.05) is 12.3 Å². The Balaban J connectivity index is 1.66. The van der Waals surface area contributed by atoms with Crippen LogP contribution in [0.3, 0.4) is 0 Å². The molecule has 128 valence electrons. The minimum Gasteiger partial charge on any atom is -0.300 e. The molecule has 2 heteroatoms. The molecule has 23 heavy (non-hydrogen) atoms. The summed E-state index contributed by atoms with van der Waals surface area (Å²) >= 11 is 0. The summed E-state index contributed by atoms with van der Waals surface area (Å²) in [5.41, 5.74) is 1.88. The number of alkyl halides is 1. The van der Waals surface area contributed by atoms with E-state index in [2.05, 4.69) is 19.9 Å². The number of rotatable bonds is 1. The van der Waals surface area contributed by atoms with Gasteiger partial charge in [-0.1, -0.05) is 25.5 Å². The molecule has 4 rings (SSSR count). The van der Waals surface area contributed by atoms with E-state index in [1.807, 2.05) is 0 Å². The van der Waals surface area contributed by atoms with Crippen molar-refractivity contribution >= 4 is 5.78 Å². The zero-order valence-corrected chi connectivity index (χ0v) is 14.9. The number of fused-ring (bicyclic) bond motifs is 5. The third kappa shape index (κ3) is 2.12. The largest absolute Gasteiger partial charge is 0.300 e. The summed E-state index contributed by atoms with van der Waals surface area (Å²) in [5.74, 6) is 2.84. The molecule has 3 saturated carbocycles. The fraction of sp³-hybridized carbons (Fsp3) is 0.857. The fourth-order valence-corrected chi connectivity index (χ4v) is 7.28. The standard InChI is InChI=1S/C21H31FO/c1-13(23)17-6-7-18-16-5-4-14-12-15(22)8-10-20(14,2)19(16)9-11-21(17,18)3/h4,15-19H,5-12H2,1-3H3/t15-,16?,17?,18?,19?,20-,21+/m0/s1. The summed E-state index contributed by atoms with van der Waals surface area (Å²) in [5, 5.41) is 0. The summed E-state index contributed by atoms with van der Waals surface area (Å²) in [6, 6.07) is 0. The Labute approximate surface area is 140 Å². The number of carbonyl (C=O) groups excluding carboxylic acids is 1. The van der Waals surface area contributed by atoms with Crippen LogP contribution in [0.5, 0.6) is 0 Å². The number of allylic oxidation sites excluding steroid dienone is 2. The topological polar surface area (TPSA) is 17.1 Å². The number of Topliss-reactive ketones (excluding diaryl/α,β-unsaturated/α-hetero) is 1. The average Bonchev–Trinajstić information content (AvgIpc) is 2.85. The van der Waals surface area contributed by atoms with Crippen LogP contribution >= 0.6 is 0 Å². The smallest absolute Gasteiger partial charge is 0.133 e. The van der Waals surface area contributed by atoms with Gasteiger partial charge in [-0.05, 0) is 80.5 Å². The molecule has 0 amide bonds. The van der Waals surface area contributed by atoms with E-state index >= 15 is 0 Å². The van der Waals surface area contributed by atoms with Gasteiger partial charge in [-0.15, -0.1) is 0 Å². The molecular formula is C21H31FO. The molecule has 0 bridgehead atoms. The number of carbonyl (C=O) groups is 1. The third-order valence-electron chi connectivity index (χ3n) is 8.53. The van der Waals surface area contributed by atoms with E-state index in [0.29, 0.717) is 18.1 Å². The second-order valence-electron chi connectivity index (χ2n) is 9.38. The van der Waals surface area contributed by atoms with Gasteiger partial charge < -0.3 is 0 Å². The van der Waals surface area contributed by atoms with E-state index in [0.717, 1.165) is 37.5 Å². The Morgan fingerprint density at radius 2 is 1.91 bits per heavy atom. The molecule has 7 atom stereocenters. The zero-order chi connectivity index (χ0) is 16.4. The molecule has 0 radical (unpaired) electrons. The van der Waals surface area contributed by atoms with Crippen LogP contribution in [-0.4, -0.2) is 12.0 Å². The van der Waals surface area contributed by atoms with Crippen molar-refractivity contribution in [3.8, 4) is 0 Å². The van der Waals surface area contributed by atoms with Crippen molar-refractivity contribution in [3.05, 3.63) is 11.6 Å². The molecule has 0 N–H and O–H groups in total. The van der Waals surface area contributed by atoms with Crippen LogP contribution in [0.4, 0.5) is 4.39 Å². The molecule has 4 unspecified atom stereocenters. The molecule has 4 aliphatic rings. The SMILES string of the molecule is CC(=O)C1CCC2C3CC=C4C[C@@H](F)CC[C@]4(C)C3CC[C@]12C. The minimum atomic E-state index is -0.617. The van der Waals surface area contributed by atoms with Gasteiger partial charge in [0.1, 0.15) is 12.0 Å². The van der Waals surface area contributed by atoms with E-state index in [9.17, 15) is 9.18 Å². The normalized spacial score (nSPS) is 52.2. The van der Waals surface area contributed by atoms with Crippen molar-refractivity contribution < 1.29 is 9.18 Å². The van der Waals surface area contributed by atoms with E-state index in [4.69, 9.17) is 0 Å². The Kier molecular flexibility index (Phi) is 3.56. The molecule has 0 aromatic rings. The fourth-order valence-electron chi connectivity index (χ4n) is 7.28. The Morgan fingerprint density at radius 1 is 1.13 bits per heavy atom. The molecule has 0 aromatic carbocycles. The molecule has 4 aliphatic carbocycles. The maximum absolute atomic E-state index is 13.9. The minimum absolute atomic E-state index is 0.228. The molecule has 3 fully saturated rings. The molecule has 0 saturated heterocycles. The molecule has 0 spiro atoms. The van der Waals surface area contributed by atoms with Crippen LogP contribution in [-0.2, 0) is 4.79 Å². The first-order chi connectivity index (χ1) is 10.9. The van der Waals surface area contributed by atoms with Crippen molar-refractivity contribution in [2.45, 2.75) is 78.3 Å². The predicted octanol–water partition coefficient (Wildman–Crippen LogP) is 5.49. The maximum atomic E-state index is 13.9. The quantitative estimate of drug-likeness (QED) is 0.584. The van der Waals surface area contributed by atoms with Crippen LogP contribution in [0.2, 0.25) is 0 Å². The first-order valence-corrected chi connectivity index (χ1v) is 9.70. The first kappa shape index (κ1) is 15.8. The molecular weight excluding hydrogens is 287 g/mol. The van der Waals surface area contributed by atoms with Crippen molar-refractivity contribution in [2.75, 3.05) is 0 Å². The van der Waals surface area contributed by atoms with Crippen molar-refractivity contribution in [3.63, 3.8) is 0 Å². The molecule has 0 heterocycles. The van der Waals surface area contributed by atoms with Crippen LogP contribution in [0.15, 0.2) is 11.6 Å². The average molecular weight is 318 g/mol. The second-order valence-corrected chi connectivity index (χ2v) is 9.38. The number of hydrogen-bond acceptors (Lipinski definition) is 1. The predicted molar refractivity (Wildman–Crippen MR) is 90.8 cm³/mol. The maximum Gasteiger partial charge on any atom is 0.133 e. The lowest BCUT2D eigenvalue weighted by molar-refractivity contribution is -0.127. The van der Waals surface area contributed by atoms with E-state index < -0.39 is 6.17 Å². The summed E-state index contributed by atoms with van der Waals surface area (Å²) in [7, 11) is 0. The highest BCUT2D eigenvalue weighted by Crippen LogP contribution is 2.66. The molecule has 1 nitrogen and oxygen atoms in total. The lowest BCUT2D eigenvalue weighted by atomic mass is 9.47. The van der Waals surface area contributed by atoms with E-state index in [-0.39, 0.29) is 16.7 Å². The lowest BCUT2D eigenvalue weighted by Crippen LogP contribution is -2.50. The number of halogens is 1. The summed E-state index contributed by atoms with van der Waals surface area (Å²) in [6.07, 6.45) is 10.1. The van der Waals surface area contributed by atoms with Gasteiger partial charge >= 0.3 is 0 Å². The Morgan fingerprint density at radius 3 is 2.65 bits per heavy atom. The van der Waals surface area contributed by atoms with E-state index in [1.54, 1.807) is 6.92 Å². The van der Waals surface area contributed by atoms with Gasteiger partial charge in [0.05, 0.1) is 0 Å². The number of ketones is 1. The van der Waals surface area contributed by atoms with Crippen LogP contribution in [0.1, 0.15) is 72.1 Å². The van der Waals surface area contributed by atoms with Gasteiger partial charge in [-0.2, -0.15) is 0 Å². The first-order valence-electron chi connectivity index (χ1n) is 9.70. The summed E-state index contributed by atoms with van der Waals surface area (Å²) in [6.45, 7) is 6.61.